The van der Waals surface area contributed by atoms with Crippen LogP contribution in [0.25, 0.3) is 11.3 Å². The van der Waals surface area contributed by atoms with Crippen LogP contribution in [0.3, 0.4) is 0 Å². The molecule has 1 fully saturated rings. The first-order valence-corrected chi connectivity index (χ1v) is 11.9. The van der Waals surface area contributed by atoms with Gasteiger partial charge in [0.2, 0.25) is 0 Å². The molecule has 0 spiro atoms. The molecule has 0 unspecified atom stereocenters. The monoisotopic (exact) mass is 476 g/mol. The predicted octanol–water partition coefficient (Wildman–Crippen LogP) is 4.27. The lowest BCUT2D eigenvalue weighted by atomic mass is 10.0. The Hall–Kier alpha value is -2.75. The van der Waals surface area contributed by atoms with E-state index in [9.17, 15) is 12.8 Å². The average molecular weight is 477 g/mol. The Morgan fingerprint density at radius 2 is 2.06 bits per heavy atom. The quantitative estimate of drug-likeness (QED) is 0.592. The number of rotatable bonds is 5. The number of sulfonamides is 1. The summed E-state index contributed by atoms with van der Waals surface area (Å²) in [5, 5.41) is 0.286. The van der Waals surface area contributed by atoms with Gasteiger partial charge in [-0.15, -0.1) is 0 Å². The molecule has 4 rings (SSSR count). The topological polar surface area (TPSA) is 84.4 Å². The highest BCUT2D eigenvalue weighted by molar-refractivity contribution is 7.92. The number of hydrogen-bond acceptors (Lipinski definition) is 6. The molecule has 3 aromatic rings. The van der Waals surface area contributed by atoms with Gasteiger partial charge >= 0.3 is 0 Å². The van der Waals surface area contributed by atoms with Gasteiger partial charge in [0, 0.05) is 24.4 Å². The molecule has 0 bridgehead atoms. The second-order valence-corrected chi connectivity index (χ2v) is 9.60. The predicted molar refractivity (Wildman–Crippen MR) is 122 cm³/mol. The van der Waals surface area contributed by atoms with Crippen LogP contribution in [0.2, 0.25) is 5.02 Å². The molecule has 0 aliphatic carbocycles. The van der Waals surface area contributed by atoms with Gasteiger partial charge in [-0.25, -0.2) is 22.8 Å². The number of anilines is 2. The van der Waals surface area contributed by atoms with Crippen molar-refractivity contribution in [2.24, 2.45) is 0 Å². The standard InChI is InChI=1S/C22H22ClFN4O3S/c1-14-13-31-11-10-28(14)21-12-16(8-9-25-21)32(29,30)27-20-7-6-18(23)22(26-20)17-4-3-5-19(24)15(17)2/h3-9,12,14H,10-11,13H2,1-2H3,(H,26,27)/t14-/m1/s1. The molecule has 0 amide bonds. The van der Waals surface area contributed by atoms with E-state index in [2.05, 4.69) is 14.7 Å². The Kier molecular flexibility index (Phi) is 6.32. The summed E-state index contributed by atoms with van der Waals surface area (Å²) in [5.41, 5.74) is 1.16. The summed E-state index contributed by atoms with van der Waals surface area (Å²) in [5.74, 6) is 0.239. The number of benzene rings is 1. The minimum Gasteiger partial charge on any atom is -0.377 e. The van der Waals surface area contributed by atoms with Gasteiger partial charge < -0.3 is 9.64 Å². The first kappa shape index (κ1) is 22.4. The van der Waals surface area contributed by atoms with Crippen molar-refractivity contribution in [2.45, 2.75) is 24.8 Å². The first-order chi connectivity index (χ1) is 15.3. The Morgan fingerprint density at radius 3 is 2.84 bits per heavy atom. The van der Waals surface area contributed by atoms with Gasteiger partial charge in [0.1, 0.15) is 17.5 Å². The largest absolute Gasteiger partial charge is 0.377 e. The van der Waals surface area contributed by atoms with Crippen LogP contribution in [0.5, 0.6) is 0 Å². The van der Waals surface area contributed by atoms with E-state index < -0.39 is 15.8 Å². The lowest BCUT2D eigenvalue weighted by Gasteiger charge is -2.34. The van der Waals surface area contributed by atoms with Gasteiger partial charge in [0.25, 0.3) is 10.0 Å². The zero-order valence-electron chi connectivity index (χ0n) is 17.5. The number of pyridine rings is 2. The molecule has 3 heterocycles. The van der Waals surface area contributed by atoms with Crippen LogP contribution < -0.4 is 9.62 Å². The van der Waals surface area contributed by atoms with Crippen molar-refractivity contribution in [1.82, 2.24) is 9.97 Å². The second kappa shape index (κ2) is 9.01. The van der Waals surface area contributed by atoms with Gasteiger partial charge in [-0.05, 0) is 43.7 Å². The maximum absolute atomic E-state index is 14.0. The number of halogens is 2. The molecule has 1 aliphatic rings. The van der Waals surface area contributed by atoms with Crippen LogP contribution in [0.4, 0.5) is 16.0 Å². The van der Waals surface area contributed by atoms with Gasteiger partial charge in [0.15, 0.2) is 0 Å². The maximum Gasteiger partial charge on any atom is 0.263 e. The van der Waals surface area contributed by atoms with Crippen LogP contribution in [0.1, 0.15) is 12.5 Å². The zero-order chi connectivity index (χ0) is 22.9. The van der Waals surface area contributed by atoms with Gasteiger partial charge in [-0.2, -0.15) is 0 Å². The van der Waals surface area contributed by atoms with Gasteiger partial charge in [0.05, 0.1) is 34.9 Å². The highest BCUT2D eigenvalue weighted by Gasteiger charge is 2.23. The smallest absolute Gasteiger partial charge is 0.263 e. The van der Waals surface area contributed by atoms with Crippen LogP contribution in [-0.4, -0.2) is 44.2 Å². The average Bonchev–Trinajstić information content (AvgIpc) is 2.77. The van der Waals surface area contributed by atoms with Crippen molar-refractivity contribution in [3.8, 4) is 11.3 Å². The van der Waals surface area contributed by atoms with E-state index in [-0.39, 0.29) is 21.8 Å². The van der Waals surface area contributed by atoms with Crippen LogP contribution in [0, 0.1) is 12.7 Å². The molecular formula is C22H22ClFN4O3S. The number of nitrogens with one attached hydrogen (secondary N) is 1. The van der Waals surface area contributed by atoms with Crippen molar-refractivity contribution in [3.63, 3.8) is 0 Å². The van der Waals surface area contributed by atoms with E-state index in [0.717, 1.165) is 0 Å². The van der Waals surface area contributed by atoms with Gasteiger partial charge in [-0.1, -0.05) is 23.7 Å². The third-order valence-electron chi connectivity index (χ3n) is 5.30. The molecule has 32 heavy (non-hydrogen) atoms. The lowest BCUT2D eigenvalue weighted by Crippen LogP contribution is -2.44. The first-order valence-electron chi connectivity index (χ1n) is 10.0. The molecule has 7 nitrogen and oxygen atoms in total. The highest BCUT2D eigenvalue weighted by Crippen LogP contribution is 2.31. The van der Waals surface area contributed by atoms with E-state index in [4.69, 9.17) is 16.3 Å². The fourth-order valence-electron chi connectivity index (χ4n) is 3.54. The maximum atomic E-state index is 14.0. The van der Waals surface area contributed by atoms with Crippen molar-refractivity contribution < 1.29 is 17.5 Å². The van der Waals surface area contributed by atoms with Crippen LogP contribution in [0.15, 0.2) is 53.6 Å². The Morgan fingerprint density at radius 1 is 1.25 bits per heavy atom. The minimum absolute atomic E-state index is 0.0569. The molecule has 10 heteroatoms. The van der Waals surface area contributed by atoms with Gasteiger partial charge in [-0.3, -0.25) is 4.72 Å². The Bertz CT molecular complexity index is 1260. The van der Waals surface area contributed by atoms with Crippen molar-refractivity contribution in [2.75, 3.05) is 29.4 Å². The summed E-state index contributed by atoms with van der Waals surface area (Å²) in [6, 6.07) is 10.6. The fraction of sp³-hybridized carbons (Fsp3) is 0.273. The third-order valence-corrected chi connectivity index (χ3v) is 6.95. The number of ether oxygens (including phenoxy) is 1. The van der Waals surface area contributed by atoms with Crippen molar-refractivity contribution in [1.29, 1.82) is 0 Å². The van der Waals surface area contributed by atoms with Crippen LogP contribution in [-0.2, 0) is 14.8 Å². The van der Waals surface area contributed by atoms with Crippen molar-refractivity contribution in [3.05, 3.63) is 65.1 Å². The zero-order valence-corrected chi connectivity index (χ0v) is 19.1. The van der Waals surface area contributed by atoms with E-state index in [1.165, 1.54) is 36.5 Å². The second-order valence-electron chi connectivity index (χ2n) is 7.51. The molecule has 1 aromatic carbocycles. The molecule has 2 aromatic heterocycles. The molecule has 0 radical (unpaired) electrons. The summed E-state index contributed by atoms with van der Waals surface area (Å²) in [6.45, 7) is 5.34. The lowest BCUT2D eigenvalue weighted by molar-refractivity contribution is 0.0985. The number of hydrogen-bond donors (Lipinski definition) is 1. The molecule has 168 valence electrons. The minimum atomic E-state index is -3.95. The Labute approximate surface area is 191 Å². The molecule has 1 N–H and O–H groups in total. The van der Waals surface area contributed by atoms with E-state index in [1.54, 1.807) is 19.1 Å². The molecule has 0 saturated carbocycles. The molecule has 1 atom stereocenters. The summed E-state index contributed by atoms with van der Waals surface area (Å²) >= 11 is 6.28. The Balaban J connectivity index is 1.64. The summed E-state index contributed by atoms with van der Waals surface area (Å²) in [6.07, 6.45) is 1.46. The van der Waals surface area contributed by atoms with Crippen molar-refractivity contribution >= 4 is 33.3 Å². The molecule has 1 saturated heterocycles. The summed E-state index contributed by atoms with van der Waals surface area (Å²) < 4.78 is 48.0. The normalized spacial score (nSPS) is 16.8. The van der Waals surface area contributed by atoms with E-state index in [1.807, 2.05) is 11.8 Å². The van der Waals surface area contributed by atoms with E-state index >= 15 is 0 Å². The SMILES string of the molecule is Cc1c(F)cccc1-c1nc(NS(=O)(=O)c2ccnc(N3CCOC[C@H]3C)c2)ccc1Cl. The highest BCUT2D eigenvalue weighted by atomic mass is 35.5. The fourth-order valence-corrected chi connectivity index (χ4v) is 4.75. The molecular weight excluding hydrogens is 455 g/mol. The third kappa shape index (κ3) is 4.55. The van der Waals surface area contributed by atoms with E-state index in [0.29, 0.717) is 42.4 Å². The summed E-state index contributed by atoms with van der Waals surface area (Å²) in [7, 11) is -3.95. The van der Waals surface area contributed by atoms with Crippen LogP contribution >= 0.6 is 11.6 Å². The summed E-state index contributed by atoms with van der Waals surface area (Å²) in [4.78, 5) is 10.7. The number of morpholine rings is 1. The molecule has 1 aliphatic heterocycles. The number of aromatic nitrogens is 2. The number of nitrogens with zero attached hydrogens (tertiary/aromatic N) is 3.